The number of aromatic nitrogens is 2. The Morgan fingerprint density at radius 3 is 2.86 bits per heavy atom. The second-order valence-corrected chi connectivity index (χ2v) is 5.39. The van der Waals surface area contributed by atoms with Gasteiger partial charge in [0.25, 0.3) is 0 Å². The molecule has 1 unspecified atom stereocenters. The van der Waals surface area contributed by atoms with Crippen LogP contribution in [0.4, 0.5) is 0 Å². The fourth-order valence-electron chi connectivity index (χ4n) is 1.34. The van der Waals surface area contributed by atoms with Crippen molar-refractivity contribution in [1.29, 1.82) is 0 Å². The fourth-order valence-corrected chi connectivity index (χ4v) is 1.55. The van der Waals surface area contributed by atoms with Crippen molar-refractivity contribution in [3.05, 3.63) is 18.0 Å². The van der Waals surface area contributed by atoms with Crippen LogP contribution in [0.25, 0.3) is 0 Å². The second kappa shape index (κ2) is 5.51. The summed E-state index contributed by atoms with van der Waals surface area (Å²) in [5, 5.41) is 4.15. The number of nitrogens with zero attached hydrogens (tertiary/aromatic N) is 3. The molecule has 0 saturated heterocycles. The van der Waals surface area contributed by atoms with E-state index in [2.05, 4.69) is 46.1 Å². The zero-order valence-electron chi connectivity index (χ0n) is 9.07. The van der Waals surface area contributed by atoms with Gasteiger partial charge in [-0.25, -0.2) is 0 Å². The molecule has 4 heteroatoms. The van der Waals surface area contributed by atoms with Crippen molar-refractivity contribution in [2.45, 2.75) is 24.7 Å². The van der Waals surface area contributed by atoms with Gasteiger partial charge in [-0.05, 0) is 20.0 Å². The molecule has 80 valence electrons. The minimum atomic E-state index is 0.596. The maximum atomic E-state index is 4.15. The van der Waals surface area contributed by atoms with Gasteiger partial charge in [0.05, 0.1) is 6.20 Å². The van der Waals surface area contributed by atoms with Gasteiger partial charge in [-0.1, -0.05) is 22.9 Å². The first-order valence-corrected chi connectivity index (χ1v) is 5.79. The predicted octanol–water partition coefficient (Wildman–Crippen LogP) is 2.03. The van der Waals surface area contributed by atoms with E-state index >= 15 is 0 Å². The monoisotopic (exact) mass is 259 g/mol. The van der Waals surface area contributed by atoms with Gasteiger partial charge in [0.1, 0.15) is 0 Å². The SMILES string of the molecule is CC(Br)CCN(C)Cc1cnn(C)c1. The Morgan fingerprint density at radius 2 is 2.36 bits per heavy atom. The lowest BCUT2D eigenvalue weighted by Gasteiger charge is -2.16. The molecule has 0 bridgehead atoms. The number of hydrogen-bond acceptors (Lipinski definition) is 2. The molecule has 0 amide bonds. The number of alkyl halides is 1. The first-order valence-electron chi connectivity index (χ1n) is 4.88. The third-order valence-corrected chi connectivity index (χ3v) is 2.58. The zero-order valence-corrected chi connectivity index (χ0v) is 10.7. The summed E-state index contributed by atoms with van der Waals surface area (Å²) in [4.78, 5) is 2.91. The molecule has 1 atom stereocenters. The van der Waals surface area contributed by atoms with Gasteiger partial charge in [0, 0.05) is 30.2 Å². The van der Waals surface area contributed by atoms with Crippen LogP contribution in [0.2, 0.25) is 0 Å². The van der Waals surface area contributed by atoms with E-state index in [1.807, 2.05) is 17.9 Å². The number of hydrogen-bond donors (Lipinski definition) is 0. The lowest BCUT2D eigenvalue weighted by atomic mass is 10.3. The molecule has 0 aliphatic rings. The van der Waals surface area contributed by atoms with Crippen molar-refractivity contribution >= 4 is 15.9 Å². The first-order chi connectivity index (χ1) is 6.58. The van der Waals surface area contributed by atoms with E-state index in [-0.39, 0.29) is 0 Å². The maximum Gasteiger partial charge on any atom is 0.0534 e. The average Bonchev–Trinajstić information content (AvgIpc) is 2.48. The Labute approximate surface area is 94.2 Å². The Bertz CT molecular complexity index is 270. The standard InChI is InChI=1S/C10H18BrN3/c1-9(11)4-5-13(2)7-10-6-12-14(3)8-10/h6,8-9H,4-5,7H2,1-3H3. The lowest BCUT2D eigenvalue weighted by molar-refractivity contribution is 0.323. The van der Waals surface area contributed by atoms with Crippen LogP contribution in [-0.2, 0) is 13.6 Å². The van der Waals surface area contributed by atoms with Crippen molar-refractivity contribution < 1.29 is 0 Å². The van der Waals surface area contributed by atoms with Crippen LogP contribution in [0.3, 0.4) is 0 Å². The molecule has 0 saturated carbocycles. The molecule has 3 nitrogen and oxygen atoms in total. The molecule has 1 aromatic heterocycles. The van der Waals surface area contributed by atoms with Crippen molar-refractivity contribution in [2.75, 3.05) is 13.6 Å². The summed E-state index contributed by atoms with van der Waals surface area (Å²) in [5.74, 6) is 0. The van der Waals surface area contributed by atoms with Crippen molar-refractivity contribution in [3.63, 3.8) is 0 Å². The minimum Gasteiger partial charge on any atom is -0.302 e. The van der Waals surface area contributed by atoms with E-state index < -0.39 is 0 Å². The van der Waals surface area contributed by atoms with Crippen LogP contribution in [-0.4, -0.2) is 33.1 Å². The van der Waals surface area contributed by atoms with Crippen molar-refractivity contribution in [3.8, 4) is 0 Å². The summed E-state index contributed by atoms with van der Waals surface area (Å²) in [5.41, 5.74) is 1.28. The Hall–Kier alpha value is -0.350. The molecule has 0 radical (unpaired) electrons. The van der Waals surface area contributed by atoms with Crippen LogP contribution in [0.5, 0.6) is 0 Å². The summed E-state index contributed by atoms with van der Waals surface area (Å²) in [7, 11) is 4.09. The van der Waals surface area contributed by atoms with Crippen molar-refractivity contribution in [1.82, 2.24) is 14.7 Å². The first kappa shape index (κ1) is 11.7. The minimum absolute atomic E-state index is 0.596. The third kappa shape index (κ3) is 4.24. The van der Waals surface area contributed by atoms with Crippen LogP contribution >= 0.6 is 15.9 Å². The Kier molecular flexibility index (Phi) is 4.62. The smallest absolute Gasteiger partial charge is 0.0534 e. The number of rotatable bonds is 5. The van der Waals surface area contributed by atoms with Gasteiger partial charge in [-0.15, -0.1) is 0 Å². The number of halogens is 1. The van der Waals surface area contributed by atoms with Gasteiger partial charge in [0.2, 0.25) is 0 Å². The summed E-state index contributed by atoms with van der Waals surface area (Å²) in [6.45, 7) is 4.27. The molecule has 0 aliphatic heterocycles. The lowest BCUT2D eigenvalue weighted by Crippen LogP contribution is -2.20. The number of aryl methyl sites for hydroxylation is 1. The molecule has 1 rings (SSSR count). The predicted molar refractivity (Wildman–Crippen MR) is 62.5 cm³/mol. The highest BCUT2D eigenvalue weighted by atomic mass is 79.9. The maximum absolute atomic E-state index is 4.15. The molecule has 0 fully saturated rings. The van der Waals surface area contributed by atoms with Gasteiger partial charge in [-0.3, -0.25) is 4.68 Å². The van der Waals surface area contributed by atoms with Crippen LogP contribution in [0.1, 0.15) is 18.9 Å². The molecule has 0 N–H and O–H groups in total. The normalized spacial score (nSPS) is 13.5. The molecule has 14 heavy (non-hydrogen) atoms. The quantitative estimate of drug-likeness (QED) is 0.755. The van der Waals surface area contributed by atoms with E-state index in [0.29, 0.717) is 4.83 Å². The molecule has 0 spiro atoms. The van der Waals surface area contributed by atoms with Gasteiger partial charge in [-0.2, -0.15) is 5.10 Å². The average molecular weight is 260 g/mol. The fraction of sp³-hybridized carbons (Fsp3) is 0.700. The topological polar surface area (TPSA) is 21.1 Å². The molecule has 1 heterocycles. The summed E-state index contributed by atoms with van der Waals surface area (Å²) < 4.78 is 1.84. The summed E-state index contributed by atoms with van der Waals surface area (Å²) in [6, 6.07) is 0. The van der Waals surface area contributed by atoms with Gasteiger partial charge < -0.3 is 4.90 Å². The van der Waals surface area contributed by atoms with E-state index in [1.54, 1.807) is 0 Å². The molecule has 0 aliphatic carbocycles. The molecular formula is C10H18BrN3. The third-order valence-electron chi connectivity index (χ3n) is 2.12. The highest BCUT2D eigenvalue weighted by molar-refractivity contribution is 9.09. The van der Waals surface area contributed by atoms with Crippen LogP contribution in [0.15, 0.2) is 12.4 Å². The van der Waals surface area contributed by atoms with E-state index in [4.69, 9.17) is 0 Å². The highest BCUT2D eigenvalue weighted by Gasteiger charge is 2.03. The van der Waals surface area contributed by atoms with E-state index in [9.17, 15) is 0 Å². The highest BCUT2D eigenvalue weighted by Crippen LogP contribution is 2.06. The largest absolute Gasteiger partial charge is 0.302 e. The molecule has 1 aromatic rings. The second-order valence-electron chi connectivity index (χ2n) is 3.83. The van der Waals surface area contributed by atoms with Gasteiger partial charge >= 0.3 is 0 Å². The zero-order chi connectivity index (χ0) is 10.6. The van der Waals surface area contributed by atoms with E-state index in [1.165, 1.54) is 12.0 Å². The van der Waals surface area contributed by atoms with E-state index in [0.717, 1.165) is 13.1 Å². The summed E-state index contributed by atoms with van der Waals surface area (Å²) in [6.07, 6.45) is 5.17. The molecule has 0 aromatic carbocycles. The Balaban J connectivity index is 2.30. The molecular weight excluding hydrogens is 242 g/mol. The van der Waals surface area contributed by atoms with Crippen molar-refractivity contribution in [2.24, 2.45) is 7.05 Å². The van der Waals surface area contributed by atoms with Crippen LogP contribution < -0.4 is 0 Å². The van der Waals surface area contributed by atoms with Crippen LogP contribution in [0, 0.1) is 0 Å². The summed E-state index contributed by atoms with van der Waals surface area (Å²) >= 11 is 3.55. The Morgan fingerprint density at radius 1 is 1.64 bits per heavy atom. The van der Waals surface area contributed by atoms with Gasteiger partial charge in [0.15, 0.2) is 0 Å².